The van der Waals surface area contributed by atoms with Crippen LogP contribution in [0.25, 0.3) is 21.9 Å². The highest BCUT2D eigenvalue weighted by molar-refractivity contribution is 9.10. The Labute approximate surface area is 131 Å². The maximum absolute atomic E-state index is 5.50. The average Bonchev–Trinajstić information content (AvgIpc) is 2.84. The second kappa shape index (κ2) is 5.07. The Kier molecular flexibility index (Phi) is 3.19. The Bertz CT molecular complexity index is 821. The Hall–Kier alpha value is -1.46. The van der Waals surface area contributed by atoms with E-state index in [0.717, 1.165) is 52.8 Å². The predicted molar refractivity (Wildman–Crippen MR) is 86.6 cm³/mol. The van der Waals surface area contributed by atoms with Gasteiger partial charge in [-0.05, 0) is 38.0 Å². The van der Waals surface area contributed by atoms with Crippen molar-refractivity contribution in [3.05, 3.63) is 34.7 Å². The Morgan fingerprint density at radius 2 is 2.05 bits per heavy atom. The highest BCUT2D eigenvalue weighted by Crippen LogP contribution is 2.32. The van der Waals surface area contributed by atoms with Crippen molar-refractivity contribution in [3.63, 3.8) is 0 Å². The predicted octanol–water partition coefficient (Wildman–Crippen LogP) is 4.01. The zero-order valence-electron chi connectivity index (χ0n) is 11.8. The van der Waals surface area contributed by atoms with E-state index in [1.807, 2.05) is 12.3 Å². The van der Waals surface area contributed by atoms with Gasteiger partial charge in [-0.15, -0.1) is 0 Å². The number of benzene rings is 1. The third-order valence-electron chi connectivity index (χ3n) is 4.21. The van der Waals surface area contributed by atoms with Crippen LogP contribution in [0.4, 0.5) is 0 Å². The van der Waals surface area contributed by atoms with Crippen LogP contribution in [-0.4, -0.2) is 27.7 Å². The zero-order chi connectivity index (χ0) is 14.4. The normalized spacial score (nSPS) is 16.9. The lowest BCUT2D eigenvalue weighted by atomic mass is 10.1. The zero-order valence-corrected chi connectivity index (χ0v) is 13.4. The summed E-state index contributed by atoms with van der Waals surface area (Å²) in [6.07, 6.45) is 3.97. The van der Waals surface area contributed by atoms with Crippen LogP contribution < -0.4 is 0 Å². The number of halogens is 1. The molecule has 108 valence electrons. The first-order valence-corrected chi connectivity index (χ1v) is 8.04. The minimum absolute atomic E-state index is 0.466. The number of nitrogens with zero attached hydrogens (tertiary/aromatic N) is 3. The maximum atomic E-state index is 5.50. The molecule has 4 rings (SSSR count). The Morgan fingerprint density at radius 1 is 1.24 bits per heavy atom. The van der Waals surface area contributed by atoms with Crippen molar-refractivity contribution in [1.82, 2.24) is 14.5 Å². The molecule has 1 aliphatic heterocycles. The fourth-order valence-electron chi connectivity index (χ4n) is 3.26. The standard InChI is InChI=1S/C16H16BrN3O/c1-10-19-15-9-18-14-3-2-11(17)8-13(14)16(15)20(10)12-4-6-21-7-5-12/h2-3,8-9,12H,4-7H2,1H3. The van der Waals surface area contributed by atoms with Crippen molar-refractivity contribution in [2.45, 2.75) is 25.8 Å². The molecule has 1 aliphatic rings. The van der Waals surface area contributed by atoms with Crippen LogP contribution >= 0.6 is 15.9 Å². The van der Waals surface area contributed by atoms with Gasteiger partial charge in [0.1, 0.15) is 11.3 Å². The summed E-state index contributed by atoms with van der Waals surface area (Å²) in [5.41, 5.74) is 3.19. The Morgan fingerprint density at radius 3 is 2.86 bits per heavy atom. The molecule has 1 fully saturated rings. The molecule has 4 nitrogen and oxygen atoms in total. The molecular formula is C16H16BrN3O. The lowest BCUT2D eigenvalue weighted by Gasteiger charge is -2.25. The monoisotopic (exact) mass is 345 g/mol. The smallest absolute Gasteiger partial charge is 0.108 e. The van der Waals surface area contributed by atoms with Gasteiger partial charge in [0.15, 0.2) is 0 Å². The van der Waals surface area contributed by atoms with Crippen LogP contribution in [0.15, 0.2) is 28.9 Å². The number of rotatable bonds is 1. The first-order chi connectivity index (χ1) is 10.2. The Balaban J connectivity index is 2.04. The quantitative estimate of drug-likeness (QED) is 0.669. The number of imidazole rings is 1. The fraction of sp³-hybridized carbons (Fsp3) is 0.375. The molecule has 0 unspecified atom stereocenters. The molecule has 1 saturated heterocycles. The molecule has 0 radical (unpaired) electrons. The molecular weight excluding hydrogens is 330 g/mol. The highest BCUT2D eigenvalue weighted by Gasteiger charge is 2.21. The summed E-state index contributed by atoms with van der Waals surface area (Å²) in [5, 5.41) is 1.16. The number of ether oxygens (including phenoxy) is 1. The molecule has 0 spiro atoms. The first-order valence-electron chi connectivity index (χ1n) is 7.24. The van der Waals surface area contributed by atoms with Gasteiger partial charge >= 0.3 is 0 Å². The fourth-order valence-corrected chi connectivity index (χ4v) is 3.62. The molecule has 0 N–H and O–H groups in total. The lowest BCUT2D eigenvalue weighted by molar-refractivity contribution is 0.0701. The van der Waals surface area contributed by atoms with Crippen LogP contribution in [0.2, 0.25) is 0 Å². The molecule has 0 atom stereocenters. The number of hydrogen-bond acceptors (Lipinski definition) is 3. The summed E-state index contributed by atoms with van der Waals surface area (Å²) < 4.78 is 8.96. The molecule has 5 heteroatoms. The topological polar surface area (TPSA) is 39.9 Å². The summed E-state index contributed by atoms with van der Waals surface area (Å²) in [7, 11) is 0. The largest absolute Gasteiger partial charge is 0.381 e. The van der Waals surface area contributed by atoms with E-state index < -0.39 is 0 Å². The summed E-state index contributed by atoms with van der Waals surface area (Å²) in [6.45, 7) is 3.74. The van der Waals surface area contributed by atoms with E-state index in [9.17, 15) is 0 Å². The molecule has 3 heterocycles. The molecule has 0 bridgehead atoms. The number of aromatic nitrogens is 3. The number of aryl methyl sites for hydroxylation is 1. The van der Waals surface area contributed by atoms with Crippen LogP contribution in [0, 0.1) is 6.92 Å². The average molecular weight is 346 g/mol. The number of hydrogen-bond donors (Lipinski definition) is 0. The molecule has 0 saturated carbocycles. The SMILES string of the molecule is Cc1nc2cnc3ccc(Br)cc3c2n1C1CCOCC1. The van der Waals surface area contributed by atoms with Crippen molar-refractivity contribution in [2.24, 2.45) is 0 Å². The summed E-state index contributed by atoms with van der Waals surface area (Å²) in [5.74, 6) is 1.06. The minimum Gasteiger partial charge on any atom is -0.381 e. The maximum Gasteiger partial charge on any atom is 0.108 e. The van der Waals surface area contributed by atoms with Gasteiger partial charge in [0, 0.05) is 29.1 Å². The molecule has 21 heavy (non-hydrogen) atoms. The molecule has 0 aliphatic carbocycles. The van der Waals surface area contributed by atoms with Gasteiger partial charge in [-0.25, -0.2) is 4.98 Å². The van der Waals surface area contributed by atoms with Crippen molar-refractivity contribution in [2.75, 3.05) is 13.2 Å². The van der Waals surface area contributed by atoms with Crippen molar-refractivity contribution >= 4 is 37.9 Å². The number of pyridine rings is 1. The molecule has 0 amide bonds. The second-order valence-corrected chi connectivity index (χ2v) is 6.44. The van der Waals surface area contributed by atoms with Gasteiger partial charge in [0.25, 0.3) is 0 Å². The van der Waals surface area contributed by atoms with Crippen molar-refractivity contribution < 1.29 is 4.74 Å². The van der Waals surface area contributed by atoms with E-state index in [4.69, 9.17) is 9.72 Å². The first kappa shape index (κ1) is 13.2. The minimum atomic E-state index is 0.466. The summed E-state index contributed by atoms with van der Waals surface area (Å²) in [6, 6.07) is 6.69. The summed E-state index contributed by atoms with van der Waals surface area (Å²) in [4.78, 5) is 9.24. The van der Waals surface area contributed by atoms with Gasteiger partial charge in [0.05, 0.1) is 17.2 Å². The van der Waals surface area contributed by atoms with E-state index >= 15 is 0 Å². The molecule has 3 aromatic rings. The molecule has 1 aromatic carbocycles. The van der Waals surface area contributed by atoms with Crippen molar-refractivity contribution in [1.29, 1.82) is 0 Å². The van der Waals surface area contributed by atoms with Crippen LogP contribution in [0.3, 0.4) is 0 Å². The van der Waals surface area contributed by atoms with Gasteiger partial charge in [0.2, 0.25) is 0 Å². The van der Waals surface area contributed by atoms with E-state index in [1.165, 1.54) is 5.52 Å². The third kappa shape index (κ3) is 2.15. The van der Waals surface area contributed by atoms with Crippen LogP contribution in [-0.2, 0) is 4.74 Å². The van der Waals surface area contributed by atoms with E-state index in [0.29, 0.717) is 6.04 Å². The van der Waals surface area contributed by atoms with Gasteiger partial charge in [-0.3, -0.25) is 4.98 Å². The van der Waals surface area contributed by atoms with Crippen molar-refractivity contribution in [3.8, 4) is 0 Å². The summed E-state index contributed by atoms with van der Waals surface area (Å²) >= 11 is 3.57. The van der Waals surface area contributed by atoms with Crippen LogP contribution in [0.5, 0.6) is 0 Å². The van der Waals surface area contributed by atoms with Crippen LogP contribution in [0.1, 0.15) is 24.7 Å². The third-order valence-corrected chi connectivity index (χ3v) is 4.70. The second-order valence-electron chi connectivity index (χ2n) is 5.53. The van der Waals surface area contributed by atoms with E-state index in [-0.39, 0.29) is 0 Å². The van der Waals surface area contributed by atoms with Gasteiger partial charge < -0.3 is 9.30 Å². The molecule has 2 aromatic heterocycles. The number of fused-ring (bicyclic) bond motifs is 3. The van der Waals surface area contributed by atoms with Gasteiger partial charge in [-0.2, -0.15) is 0 Å². The lowest BCUT2D eigenvalue weighted by Crippen LogP contribution is -2.20. The highest BCUT2D eigenvalue weighted by atomic mass is 79.9. The van der Waals surface area contributed by atoms with E-state index in [2.05, 4.69) is 44.5 Å². The van der Waals surface area contributed by atoms with E-state index in [1.54, 1.807) is 0 Å². The van der Waals surface area contributed by atoms with Gasteiger partial charge in [-0.1, -0.05) is 15.9 Å².